The molecule has 0 radical (unpaired) electrons. The van der Waals surface area contributed by atoms with E-state index in [-0.39, 0.29) is 18.1 Å². The average molecular weight is 290 g/mol. The first kappa shape index (κ1) is 14.5. The van der Waals surface area contributed by atoms with E-state index in [4.69, 9.17) is 9.47 Å². The number of carbonyl (C=O) groups is 1. The summed E-state index contributed by atoms with van der Waals surface area (Å²) in [4.78, 5) is 18.9. The van der Waals surface area contributed by atoms with Gasteiger partial charge in [0.2, 0.25) is 0 Å². The van der Waals surface area contributed by atoms with Gasteiger partial charge in [0, 0.05) is 31.5 Å². The van der Waals surface area contributed by atoms with Crippen molar-refractivity contribution in [2.45, 2.75) is 31.9 Å². The summed E-state index contributed by atoms with van der Waals surface area (Å²) in [5, 5.41) is 0. The summed E-state index contributed by atoms with van der Waals surface area (Å²) < 4.78 is 11.2. The van der Waals surface area contributed by atoms with Gasteiger partial charge in [-0.05, 0) is 31.9 Å². The summed E-state index contributed by atoms with van der Waals surface area (Å²) in [6.07, 6.45) is 3.83. The Labute approximate surface area is 125 Å². The van der Waals surface area contributed by atoms with Crippen LogP contribution < -0.4 is 0 Å². The number of aryl methyl sites for hydroxylation is 1. The topological polar surface area (TPSA) is 51.7 Å². The Balaban J connectivity index is 1.76. The molecule has 1 aliphatic heterocycles. The van der Waals surface area contributed by atoms with Crippen molar-refractivity contribution in [3.05, 3.63) is 29.6 Å². The Bertz CT molecular complexity index is 503. The lowest BCUT2D eigenvalue weighted by Gasteiger charge is -2.39. The summed E-state index contributed by atoms with van der Waals surface area (Å²) in [5.74, 6) is 0.464. The fourth-order valence-electron chi connectivity index (χ4n) is 3.47. The standard InChI is InChI=1S/C16H22N2O3/c1-11-3-4-12(9-17-11)16(19)18-7-8-21-15-13(10-20-2)5-6-14(15)18/h3-4,9,13-15H,5-8,10H2,1-2H3. The maximum absolute atomic E-state index is 12.7. The third-order valence-electron chi connectivity index (χ3n) is 4.52. The zero-order valence-electron chi connectivity index (χ0n) is 12.6. The number of methoxy groups -OCH3 is 1. The van der Waals surface area contributed by atoms with Gasteiger partial charge in [0.05, 0.1) is 30.9 Å². The molecule has 114 valence electrons. The highest BCUT2D eigenvalue weighted by Gasteiger charge is 2.44. The van der Waals surface area contributed by atoms with Crippen molar-refractivity contribution in [3.8, 4) is 0 Å². The lowest BCUT2D eigenvalue weighted by atomic mass is 10.0. The van der Waals surface area contributed by atoms with E-state index < -0.39 is 0 Å². The fourth-order valence-corrected chi connectivity index (χ4v) is 3.47. The number of pyridine rings is 1. The zero-order chi connectivity index (χ0) is 14.8. The lowest BCUT2D eigenvalue weighted by Crippen LogP contribution is -2.53. The molecule has 1 aromatic rings. The van der Waals surface area contributed by atoms with Crippen molar-refractivity contribution in [3.63, 3.8) is 0 Å². The number of fused-ring (bicyclic) bond motifs is 1. The molecular formula is C16H22N2O3. The number of nitrogens with zero attached hydrogens (tertiary/aromatic N) is 2. The molecular weight excluding hydrogens is 268 g/mol. The molecule has 2 aliphatic rings. The second-order valence-corrected chi connectivity index (χ2v) is 5.88. The first-order valence-electron chi connectivity index (χ1n) is 7.55. The van der Waals surface area contributed by atoms with Crippen molar-refractivity contribution in [1.82, 2.24) is 9.88 Å². The predicted octanol–water partition coefficient (Wildman–Crippen LogP) is 1.66. The molecule has 1 saturated carbocycles. The highest BCUT2D eigenvalue weighted by atomic mass is 16.5. The van der Waals surface area contributed by atoms with Crippen molar-refractivity contribution in [1.29, 1.82) is 0 Å². The maximum atomic E-state index is 12.7. The number of hydrogen-bond donors (Lipinski definition) is 0. The van der Waals surface area contributed by atoms with E-state index in [1.54, 1.807) is 13.3 Å². The number of morpholine rings is 1. The Kier molecular flexibility index (Phi) is 4.22. The molecule has 3 atom stereocenters. The molecule has 5 nitrogen and oxygen atoms in total. The lowest BCUT2D eigenvalue weighted by molar-refractivity contribution is -0.0722. The molecule has 0 aromatic carbocycles. The van der Waals surface area contributed by atoms with Gasteiger partial charge in [0.1, 0.15) is 0 Å². The van der Waals surface area contributed by atoms with Crippen LogP contribution in [0.1, 0.15) is 28.9 Å². The molecule has 2 heterocycles. The van der Waals surface area contributed by atoms with Crippen LogP contribution in [0.2, 0.25) is 0 Å². The van der Waals surface area contributed by atoms with Crippen molar-refractivity contribution < 1.29 is 14.3 Å². The van der Waals surface area contributed by atoms with Crippen LogP contribution in [0, 0.1) is 12.8 Å². The van der Waals surface area contributed by atoms with Gasteiger partial charge in [-0.15, -0.1) is 0 Å². The zero-order valence-corrected chi connectivity index (χ0v) is 12.6. The molecule has 1 saturated heterocycles. The minimum absolute atomic E-state index is 0.0684. The van der Waals surface area contributed by atoms with Crippen LogP contribution in [-0.2, 0) is 9.47 Å². The third-order valence-corrected chi connectivity index (χ3v) is 4.52. The van der Waals surface area contributed by atoms with Crippen LogP contribution in [-0.4, -0.2) is 54.8 Å². The van der Waals surface area contributed by atoms with Gasteiger partial charge in [0.15, 0.2) is 0 Å². The molecule has 0 bridgehead atoms. The largest absolute Gasteiger partial charge is 0.384 e. The highest BCUT2D eigenvalue weighted by molar-refractivity contribution is 5.94. The molecule has 1 aliphatic carbocycles. The van der Waals surface area contributed by atoms with Crippen molar-refractivity contribution >= 4 is 5.91 Å². The number of hydrogen-bond acceptors (Lipinski definition) is 4. The number of rotatable bonds is 3. The molecule has 0 N–H and O–H groups in total. The third kappa shape index (κ3) is 2.80. The molecule has 0 spiro atoms. The van der Waals surface area contributed by atoms with Crippen LogP contribution in [0.4, 0.5) is 0 Å². The van der Waals surface area contributed by atoms with Gasteiger partial charge >= 0.3 is 0 Å². The molecule has 1 aromatic heterocycles. The smallest absolute Gasteiger partial charge is 0.255 e. The van der Waals surface area contributed by atoms with E-state index in [9.17, 15) is 4.79 Å². The predicted molar refractivity (Wildman–Crippen MR) is 78.1 cm³/mol. The Morgan fingerprint density at radius 2 is 2.33 bits per heavy atom. The van der Waals surface area contributed by atoms with Gasteiger partial charge in [-0.1, -0.05) is 0 Å². The van der Waals surface area contributed by atoms with Gasteiger partial charge in [-0.3, -0.25) is 9.78 Å². The summed E-state index contributed by atoms with van der Waals surface area (Å²) in [6, 6.07) is 3.91. The number of amides is 1. The van der Waals surface area contributed by atoms with Crippen molar-refractivity contribution in [2.24, 2.45) is 5.92 Å². The first-order chi connectivity index (χ1) is 10.2. The SMILES string of the molecule is COCC1CCC2C1OCCN2C(=O)c1ccc(C)nc1. The molecule has 3 unspecified atom stereocenters. The second-order valence-electron chi connectivity index (χ2n) is 5.88. The normalized spacial score (nSPS) is 28.5. The van der Waals surface area contributed by atoms with Gasteiger partial charge in [-0.25, -0.2) is 0 Å². The Morgan fingerprint density at radius 1 is 1.48 bits per heavy atom. The van der Waals surface area contributed by atoms with Gasteiger partial charge in [0.25, 0.3) is 5.91 Å². The molecule has 2 fully saturated rings. The molecule has 5 heteroatoms. The van der Waals surface area contributed by atoms with Gasteiger partial charge < -0.3 is 14.4 Å². The first-order valence-corrected chi connectivity index (χ1v) is 7.55. The highest BCUT2D eigenvalue weighted by Crippen LogP contribution is 2.35. The summed E-state index contributed by atoms with van der Waals surface area (Å²) >= 11 is 0. The van der Waals surface area contributed by atoms with E-state index in [0.29, 0.717) is 31.2 Å². The van der Waals surface area contributed by atoms with E-state index in [1.807, 2.05) is 24.0 Å². The van der Waals surface area contributed by atoms with Crippen molar-refractivity contribution in [2.75, 3.05) is 26.9 Å². The van der Waals surface area contributed by atoms with Crippen LogP contribution in [0.3, 0.4) is 0 Å². The molecule has 21 heavy (non-hydrogen) atoms. The molecule has 1 amide bonds. The average Bonchev–Trinajstić information content (AvgIpc) is 2.91. The minimum atomic E-state index is 0.0684. The Morgan fingerprint density at radius 3 is 3.05 bits per heavy atom. The van der Waals surface area contributed by atoms with E-state index in [2.05, 4.69) is 4.98 Å². The molecule has 3 rings (SSSR count). The minimum Gasteiger partial charge on any atom is -0.384 e. The van der Waals surface area contributed by atoms with Crippen LogP contribution in [0.15, 0.2) is 18.3 Å². The van der Waals surface area contributed by atoms with Crippen LogP contribution in [0.5, 0.6) is 0 Å². The monoisotopic (exact) mass is 290 g/mol. The van der Waals surface area contributed by atoms with Gasteiger partial charge in [-0.2, -0.15) is 0 Å². The van der Waals surface area contributed by atoms with Crippen LogP contribution >= 0.6 is 0 Å². The van der Waals surface area contributed by atoms with E-state index in [1.165, 1.54) is 0 Å². The number of aromatic nitrogens is 1. The van der Waals surface area contributed by atoms with Crippen LogP contribution in [0.25, 0.3) is 0 Å². The summed E-state index contributed by atoms with van der Waals surface area (Å²) in [7, 11) is 1.72. The summed E-state index contributed by atoms with van der Waals surface area (Å²) in [6.45, 7) is 3.89. The number of carbonyl (C=O) groups excluding carboxylic acids is 1. The second kappa shape index (κ2) is 6.12. The van der Waals surface area contributed by atoms with E-state index >= 15 is 0 Å². The number of ether oxygens (including phenoxy) is 2. The quantitative estimate of drug-likeness (QED) is 0.849. The summed E-state index contributed by atoms with van der Waals surface area (Å²) in [5.41, 5.74) is 1.59. The Hall–Kier alpha value is -1.46. The maximum Gasteiger partial charge on any atom is 0.255 e. The van der Waals surface area contributed by atoms with E-state index in [0.717, 1.165) is 18.5 Å². The fraction of sp³-hybridized carbons (Fsp3) is 0.625.